The summed E-state index contributed by atoms with van der Waals surface area (Å²) in [5.41, 5.74) is -1.63. The fourth-order valence-corrected chi connectivity index (χ4v) is 3.09. The van der Waals surface area contributed by atoms with E-state index in [0.29, 0.717) is 11.8 Å². The molecule has 0 aliphatic carbocycles. The molecule has 10 heteroatoms. The van der Waals surface area contributed by atoms with Crippen LogP contribution in [0.4, 0.5) is 24.5 Å². The molecule has 0 saturated carbocycles. The number of alkyl halides is 3. The number of carbonyl (C=O) groups is 1. The van der Waals surface area contributed by atoms with Crippen molar-refractivity contribution in [3.05, 3.63) is 47.8 Å². The van der Waals surface area contributed by atoms with Gasteiger partial charge in [-0.2, -0.15) is 18.4 Å². The highest BCUT2D eigenvalue weighted by atomic mass is 32.1. The van der Waals surface area contributed by atoms with Gasteiger partial charge in [-0.15, -0.1) is 0 Å². The Hall–Kier alpha value is -3.19. The Morgan fingerprint density at radius 1 is 1.24 bits per heavy atom. The van der Waals surface area contributed by atoms with Crippen LogP contribution in [0.15, 0.2) is 36.5 Å². The maximum Gasteiger partial charge on any atom is 0.419 e. The summed E-state index contributed by atoms with van der Waals surface area (Å²) in [6, 6.07) is 8.06. The molecule has 1 aromatic heterocycles. The van der Waals surface area contributed by atoms with Gasteiger partial charge < -0.3 is 14.9 Å². The molecule has 1 amide bonds. The quantitative estimate of drug-likeness (QED) is 0.737. The molecule has 1 heterocycles. The normalized spacial score (nSPS) is 11.5. The first-order chi connectivity index (χ1) is 13.4. The third-order valence-electron chi connectivity index (χ3n) is 4.34. The minimum absolute atomic E-state index is 0.0302. The molecule has 2 rings (SSSR count). The zero-order valence-electron chi connectivity index (χ0n) is 15.7. The number of nitriles is 1. The predicted octanol–water partition coefficient (Wildman–Crippen LogP) is 3.88. The number of aromatic hydroxyl groups is 1. The predicted molar refractivity (Wildman–Crippen MR) is 106 cm³/mol. The first-order valence-corrected chi connectivity index (χ1v) is 8.69. The van der Waals surface area contributed by atoms with Crippen LogP contribution in [0.1, 0.15) is 25.1 Å². The second-order valence-corrected chi connectivity index (χ2v) is 6.83. The van der Waals surface area contributed by atoms with Crippen LogP contribution < -0.4 is 9.80 Å². The van der Waals surface area contributed by atoms with Gasteiger partial charge in [0.2, 0.25) is 0 Å². The van der Waals surface area contributed by atoms with E-state index in [0.717, 1.165) is 11.1 Å². The van der Waals surface area contributed by atoms with Gasteiger partial charge in [0, 0.05) is 12.7 Å². The van der Waals surface area contributed by atoms with Crippen LogP contribution in [0.25, 0.3) is 0 Å². The van der Waals surface area contributed by atoms with Crippen molar-refractivity contribution in [3.8, 4) is 11.8 Å². The molecule has 1 N–H and O–H groups in total. The molecule has 0 unspecified atom stereocenters. The Morgan fingerprint density at radius 2 is 1.83 bits per heavy atom. The van der Waals surface area contributed by atoms with Gasteiger partial charge in [-0.25, -0.2) is 4.98 Å². The molecule has 0 spiro atoms. The number of nitrogens with zero attached hydrogens (tertiary/aromatic N) is 4. The lowest BCUT2D eigenvalue weighted by Gasteiger charge is -2.38. The standard InChI is InChI=1S/C19H17F3N4O2S/c1-18(2,26(11-29)12-4-6-14(27)7-5-12)17(28)25(3)13-8-15(19(20,21)22)16(9-23)24-10-13/h4-8,10-11,27H,1-3H3. The van der Waals surface area contributed by atoms with Crippen LogP contribution in [-0.4, -0.2) is 34.1 Å². The maximum absolute atomic E-state index is 13.2. The molecule has 152 valence electrons. The molecule has 0 aliphatic heterocycles. The number of anilines is 2. The van der Waals surface area contributed by atoms with Gasteiger partial charge in [-0.05, 0) is 44.2 Å². The third-order valence-corrected chi connectivity index (χ3v) is 4.55. The molecule has 0 aliphatic rings. The average molecular weight is 422 g/mol. The van der Waals surface area contributed by atoms with Gasteiger partial charge in [0.1, 0.15) is 17.4 Å². The molecular formula is C19H17F3N4O2S. The van der Waals surface area contributed by atoms with Crippen LogP contribution in [0.5, 0.6) is 5.75 Å². The van der Waals surface area contributed by atoms with Crippen molar-refractivity contribution < 1.29 is 23.1 Å². The summed E-state index contributed by atoms with van der Waals surface area (Å²) in [5.74, 6) is -0.533. The molecule has 0 atom stereocenters. The van der Waals surface area contributed by atoms with Crippen molar-refractivity contribution in [2.24, 2.45) is 0 Å². The minimum atomic E-state index is -4.79. The summed E-state index contributed by atoms with van der Waals surface area (Å²) >= 11 is 5.03. The Labute approximate surface area is 170 Å². The number of amides is 1. The van der Waals surface area contributed by atoms with E-state index in [2.05, 4.69) is 4.98 Å². The fourth-order valence-electron chi connectivity index (χ4n) is 2.70. The first-order valence-electron chi connectivity index (χ1n) is 8.22. The van der Waals surface area contributed by atoms with E-state index in [1.807, 2.05) is 0 Å². The molecule has 0 fully saturated rings. The number of carbonyl (C=O) groups excluding carboxylic acids is 1. The largest absolute Gasteiger partial charge is 0.508 e. The molecule has 0 bridgehead atoms. The Morgan fingerprint density at radius 3 is 2.31 bits per heavy atom. The average Bonchev–Trinajstić information content (AvgIpc) is 2.67. The van der Waals surface area contributed by atoms with Gasteiger partial charge in [0.15, 0.2) is 5.69 Å². The number of hydrogen-bond acceptors (Lipinski definition) is 5. The van der Waals surface area contributed by atoms with E-state index in [1.165, 1.54) is 35.6 Å². The number of phenolic OH excluding ortho intramolecular Hbond substituents is 1. The van der Waals surface area contributed by atoms with Crippen molar-refractivity contribution in [3.63, 3.8) is 0 Å². The molecule has 1 aromatic carbocycles. The second-order valence-electron chi connectivity index (χ2n) is 6.61. The Kier molecular flexibility index (Phi) is 6.13. The molecule has 0 saturated heterocycles. The topological polar surface area (TPSA) is 80.5 Å². The summed E-state index contributed by atoms with van der Waals surface area (Å²) in [4.78, 5) is 19.1. The number of rotatable bonds is 5. The second kappa shape index (κ2) is 8.05. The molecule has 6 nitrogen and oxygen atoms in total. The SMILES string of the molecule is CN(C(=O)C(C)(C)N(C=S)c1ccc(O)cc1)c1cnc(C#N)c(C(F)(F)F)c1. The van der Waals surface area contributed by atoms with E-state index in [4.69, 9.17) is 17.5 Å². The number of likely N-dealkylation sites (N-methyl/N-ethyl adjacent to an activating group) is 1. The van der Waals surface area contributed by atoms with E-state index in [9.17, 15) is 23.1 Å². The maximum atomic E-state index is 13.2. The number of hydrogen-bond donors (Lipinski definition) is 1. The number of benzene rings is 1. The summed E-state index contributed by atoms with van der Waals surface area (Å²) in [7, 11) is 1.31. The van der Waals surface area contributed by atoms with Gasteiger partial charge in [0.25, 0.3) is 5.91 Å². The highest BCUT2D eigenvalue weighted by molar-refractivity contribution is 7.79. The van der Waals surface area contributed by atoms with E-state index >= 15 is 0 Å². The van der Waals surface area contributed by atoms with E-state index < -0.39 is 28.9 Å². The fraction of sp³-hybridized carbons (Fsp3) is 0.263. The van der Waals surface area contributed by atoms with Crippen molar-refractivity contribution in [2.45, 2.75) is 25.6 Å². The van der Waals surface area contributed by atoms with Gasteiger partial charge >= 0.3 is 6.18 Å². The highest BCUT2D eigenvalue weighted by Gasteiger charge is 2.39. The lowest BCUT2D eigenvalue weighted by molar-refractivity contribution is -0.138. The number of phenols is 1. The highest BCUT2D eigenvalue weighted by Crippen LogP contribution is 2.34. The van der Waals surface area contributed by atoms with Crippen LogP contribution >= 0.6 is 12.2 Å². The van der Waals surface area contributed by atoms with Crippen molar-refractivity contribution in [1.82, 2.24) is 4.98 Å². The molecule has 2 aromatic rings. The smallest absolute Gasteiger partial charge is 0.419 e. The summed E-state index contributed by atoms with van der Waals surface area (Å²) in [6.45, 7) is 3.12. The monoisotopic (exact) mass is 422 g/mol. The van der Waals surface area contributed by atoms with Crippen LogP contribution in [0.2, 0.25) is 0 Å². The number of pyridine rings is 1. The van der Waals surface area contributed by atoms with E-state index in [1.54, 1.807) is 26.0 Å². The van der Waals surface area contributed by atoms with Crippen LogP contribution in [0, 0.1) is 11.3 Å². The first kappa shape index (κ1) is 22.1. The lowest BCUT2D eigenvalue weighted by Crippen LogP contribution is -2.55. The van der Waals surface area contributed by atoms with Crippen molar-refractivity contribution >= 4 is 35.0 Å². The molecule has 29 heavy (non-hydrogen) atoms. The van der Waals surface area contributed by atoms with Gasteiger partial charge in [-0.1, -0.05) is 12.2 Å². The zero-order valence-corrected chi connectivity index (χ0v) is 16.5. The van der Waals surface area contributed by atoms with Crippen molar-refractivity contribution in [2.75, 3.05) is 16.8 Å². The van der Waals surface area contributed by atoms with Crippen molar-refractivity contribution in [1.29, 1.82) is 5.26 Å². The Bertz CT molecular complexity index is 969. The third kappa shape index (κ3) is 4.46. The molecular weight excluding hydrogens is 405 g/mol. The Balaban J connectivity index is 2.43. The summed E-state index contributed by atoms with van der Waals surface area (Å²) < 4.78 is 39.6. The van der Waals surface area contributed by atoms with Gasteiger partial charge in [0.05, 0.1) is 22.9 Å². The lowest BCUT2D eigenvalue weighted by atomic mass is 9.99. The number of aromatic nitrogens is 1. The van der Waals surface area contributed by atoms with Crippen LogP contribution in [-0.2, 0) is 11.0 Å². The minimum Gasteiger partial charge on any atom is -0.508 e. The zero-order chi connectivity index (χ0) is 22.0. The number of halogens is 3. The summed E-state index contributed by atoms with van der Waals surface area (Å²) in [5, 5.41) is 18.3. The molecule has 0 radical (unpaired) electrons. The van der Waals surface area contributed by atoms with Crippen LogP contribution in [0.3, 0.4) is 0 Å². The summed E-state index contributed by atoms with van der Waals surface area (Å²) in [6.07, 6.45) is -3.76. The van der Waals surface area contributed by atoms with Gasteiger partial charge in [-0.3, -0.25) is 4.79 Å². The van der Waals surface area contributed by atoms with E-state index in [-0.39, 0.29) is 11.4 Å². The number of thiocarbonyl (C=S) groups is 1.